The van der Waals surface area contributed by atoms with Crippen LogP contribution in [0, 0.1) is 0 Å². The van der Waals surface area contributed by atoms with Crippen LogP contribution in [0.25, 0.3) is 11.4 Å². The zero-order valence-electron chi connectivity index (χ0n) is 11.1. The van der Waals surface area contributed by atoms with Crippen LogP contribution in [0.4, 0.5) is 0 Å². The van der Waals surface area contributed by atoms with Crippen molar-refractivity contribution in [1.29, 1.82) is 0 Å². The lowest BCUT2D eigenvalue weighted by atomic mass is 10.1. The molecule has 20 heavy (non-hydrogen) atoms. The van der Waals surface area contributed by atoms with E-state index in [-0.39, 0.29) is 13.0 Å². The summed E-state index contributed by atoms with van der Waals surface area (Å²) >= 11 is 0. The van der Waals surface area contributed by atoms with Crippen molar-refractivity contribution in [3.05, 3.63) is 18.2 Å². The first kappa shape index (κ1) is 13.8. The van der Waals surface area contributed by atoms with Gasteiger partial charge in [-0.2, -0.15) is 0 Å². The number of carboxylic acids is 1. The van der Waals surface area contributed by atoms with Crippen molar-refractivity contribution in [2.24, 2.45) is 0 Å². The van der Waals surface area contributed by atoms with Gasteiger partial charge in [-0.3, -0.25) is 4.79 Å². The molecule has 0 spiro atoms. The minimum Gasteiger partial charge on any atom is -0.497 e. The summed E-state index contributed by atoms with van der Waals surface area (Å²) in [6.07, 6.45) is -0.0590. The van der Waals surface area contributed by atoms with Gasteiger partial charge in [0.05, 0.1) is 32.7 Å². The van der Waals surface area contributed by atoms with E-state index in [0.717, 1.165) is 0 Å². The maximum absolute atomic E-state index is 10.6. The van der Waals surface area contributed by atoms with Crippen LogP contribution in [0.1, 0.15) is 6.42 Å². The fourth-order valence-electron chi connectivity index (χ4n) is 1.73. The number of aromatic nitrogens is 4. The number of nitrogens with zero attached hydrogens (tertiary/aromatic N) is 4. The Hall–Kier alpha value is -2.64. The molecule has 0 radical (unpaired) electrons. The SMILES string of the molecule is COc1ccc(-c2nnnn2CCC(=O)O)c(OC)c1. The van der Waals surface area contributed by atoms with E-state index in [1.165, 1.54) is 11.8 Å². The number of carboxylic acid groups (broad SMARTS) is 1. The Labute approximate surface area is 114 Å². The molecule has 1 heterocycles. The molecule has 0 fully saturated rings. The van der Waals surface area contributed by atoms with Crippen LogP contribution in [0.2, 0.25) is 0 Å². The second-order valence-corrected chi connectivity index (χ2v) is 3.94. The molecule has 1 aromatic carbocycles. The lowest BCUT2D eigenvalue weighted by Gasteiger charge is -2.10. The molecule has 0 aliphatic heterocycles. The normalized spacial score (nSPS) is 10.3. The van der Waals surface area contributed by atoms with Crippen molar-refractivity contribution in [2.45, 2.75) is 13.0 Å². The summed E-state index contributed by atoms with van der Waals surface area (Å²) in [5, 5.41) is 20.0. The average Bonchev–Trinajstić information content (AvgIpc) is 2.92. The zero-order chi connectivity index (χ0) is 14.5. The highest BCUT2D eigenvalue weighted by atomic mass is 16.5. The monoisotopic (exact) mass is 278 g/mol. The molecule has 2 rings (SSSR count). The van der Waals surface area contributed by atoms with Crippen molar-refractivity contribution in [3.8, 4) is 22.9 Å². The number of aliphatic carboxylic acids is 1. The van der Waals surface area contributed by atoms with Gasteiger partial charge in [0.25, 0.3) is 0 Å². The minimum atomic E-state index is -0.909. The molecule has 2 aromatic rings. The van der Waals surface area contributed by atoms with Gasteiger partial charge in [-0.25, -0.2) is 4.68 Å². The molecule has 1 aromatic heterocycles. The number of ether oxygens (including phenoxy) is 2. The number of rotatable bonds is 6. The summed E-state index contributed by atoms with van der Waals surface area (Å²) in [6, 6.07) is 5.24. The maximum Gasteiger partial charge on any atom is 0.305 e. The smallest absolute Gasteiger partial charge is 0.305 e. The lowest BCUT2D eigenvalue weighted by Crippen LogP contribution is -2.08. The number of hydrogen-bond acceptors (Lipinski definition) is 6. The van der Waals surface area contributed by atoms with Crippen LogP contribution in [-0.2, 0) is 11.3 Å². The molecule has 1 N–H and O–H groups in total. The number of benzene rings is 1. The third-order valence-electron chi connectivity index (χ3n) is 2.72. The van der Waals surface area contributed by atoms with Crippen LogP contribution in [0.3, 0.4) is 0 Å². The van der Waals surface area contributed by atoms with Gasteiger partial charge in [-0.05, 0) is 22.6 Å². The second kappa shape index (κ2) is 6.00. The van der Waals surface area contributed by atoms with E-state index in [9.17, 15) is 4.79 Å². The summed E-state index contributed by atoms with van der Waals surface area (Å²) in [4.78, 5) is 10.6. The van der Waals surface area contributed by atoms with Gasteiger partial charge in [0.15, 0.2) is 5.82 Å². The largest absolute Gasteiger partial charge is 0.497 e. The highest BCUT2D eigenvalue weighted by molar-refractivity contribution is 5.67. The van der Waals surface area contributed by atoms with Crippen molar-refractivity contribution in [2.75, 3.05) is 14.2 Å². The summed E-state index contributed by atoms with van der Waals surface area (Å²) in [6.45, 7) is 0.187. The van der Waals surface area contributed by atoms with E-state index in [1.807, 2.05) is 0 Å². The van der Waals surface area contributed by atoms with Crippen molar-refractivity contribution in [1.82, 2.24) is 20.2 Å². The molecule has 0 unspecified atom stereocenters. The molecule has 0 aliphatic rings. The van der Waals surface area contributed by atoms with Gasteiger partial charge >= 0.3 is 5.97 Å². The van der Waals surface area contributed by atoms with Gasteiger partial charge < -0.3 is 14.6 Å². The van der Waals surface area contributed by atoms with E-state index >= 15 is 0 Å². The standard InChI is InChI=1S/C12H14N4O4/c1-19-8-3-4-9(10(7-8)20-2)12-13-14-15-16(12)6-5-11(17)18/h3-4,7H,5-6H2,1-2H3,(H,17,18). The van der Waals surface area contributed by atoms with Crippen LogP contribution < -0.4 is 9.47 Å². The van der Waals surface area contributed by atoms with Gasteiger partial charge in [0, 0.05) is 6.07 Å². The van der Waals surface area contributed by atoms with E-state index < -0.39 is 5.97 Å². The molecule has 0 bridgehead atoms. The Balaban J connectivity index is 2.36. The quantitative estimate of drug-likeness (QED) is 0.835. The minimum absolute atomic E-state index is 0.0590. The van der Waals surface area contributed by atoms with Crippen molar-refractivity contribution < 1.29 is 19.4 Å². The molecule has 8 heteroatoms. The highest BCUT2D eigenvalue weighted by Gasteiger charge is 2.15. The van der Waals surface area contributed by atoms with E-state index in [0.29, 0.717) is 22.9 Å². The first-order valence-corrected chi connectivity index (χ1v) is 5.86. The predicted octanol–water partition coefficient (Wildman–Crippen LogP) is 0.832. The molecular formula is C12H14N4O4. The Bertz CT molecular complexity index is 611. The molecule has 0 amide bonds. The third-order valence-corrected chi connectivity index (χ3v) is 2.72. The molecule has 8 nitrogen and oxygen atoms in total. The molecule has 106 valence electrons. The Morgan fingerprint density at radius 3 is 2.80 bits per heavy atom. The number of hydrogen-bond donors (Lipinski definition) is 1. The van der Waals surface area contributed by atoms with Crippen LogP contribution in [0.5, 0.6) is 11.5 Å². The van der Waals surface area contributed by atoms with Gasteiger partial charge in [0.1, 0.15) is 11.5 Å². The summed E-state index contributed by atoms with van der Waals surface area (Å²) in [5.74, 6) is 0.741. The molecular weight excluding hydrogens is 264 g/mol. The number of carbonyl (C=O) groups is 1. The Morgan fingerprint density at radius 1 is 1.35 bits per heavy atom. The van der Waals surface area contributed by atoms with Crippen molar-refractivity contribution >= 4 is 5.97 Å². The molecule has 0 saturated heterocycles. The maximum atomic E-state index is 10.6. The topological polar surface area (TPSA) is 99.4 Å². The van der Waals surface area contributed by atoms with Gasteiger partial charge in [-0.1, -0.05) is 0 Å². The molecule has 0 atom stereocenters. The number of methoxy groups -OCH3 is 2. The zero-order valence-corrected chi connectivity index (χ0v) is 11.1. The van der Waals surface area contributed by atoms with Crippen molar-refractivity contribution in [3.63, 3.8) is 0 Å². The van der Waals surface area contributed by atoms with E-state index in [1.54, 1.807) is 25.3 Å². The fraction of sp³-hybridized carbons (Fsp3) is 0.333. The second-order valence-electron chi connectivity index (χ2n) is 3.94. The Morgan fingerprint density at radius 2 is 2.15 bits per heavy atom. The first-order chi connectivity index (χ1) is 9.65. The van der Waals surface area contributed by atoms with E-state index in [2.05, 4.69) is 15.5 Å². The van der Waals surface area contributed by atoms with Crippen LogP contribution in [0.15, 0.2) is 18.2 Å². The molecule has 0 saturated carbocycles. The van der Waals surface area contributed by atoms with Crippen LogP contribution in [-0.4, -0.2) is 45.5 Å². The fourth-order valence-corrected chi connectivity index (χ4v) is 1.73. The van der Waals surface area contributed by atoms with Gasteiger partial charge in [0.2, 0.25) is 0 Å². The predicted molar refractivity (Wildman–Crippen MR) is 68.6 cm³/mol. The van der Waals surface area contributed by atoms with Crippen LogP contribution >= 0.6 is 0 Å². The number of tetrazole rings is 1. The highest BCUT2D eigenvalue weighted by Crippen LogP contribution is 2.31. The Kier molecular flexibility index (Phi) is 4.14. The van der Waals surface area contributed by atoms with E-state index in [4.69, 9.17) is 14.6 Å². The average molecular weight is 278 g/mol. The van der Waals surface area contributed by atoms with Gasteiger partial charge in [-0.15, -0.1) is 5.10 Å². The molecule has 0 aliphatic carbocycles. The lowest BCUT2D eigenvalue weighted by molar-refractivity contribution is -0.137. The third kappa shape index (κ3) is 2.85. The summed E-state index contributed by atoms with van der Waals surface area (Å²) in [5.41, 5.74) is 0.670. The summed E-state index contributed by atoms with van der Waals surface area (Å²) in [7, 11) is 3.09. The number of aryl methyl sites for hydroxylation is 1. The summed E-state index contributed by atoms with van der Waals surface area (Å²) < 4.78 is 11.8. The first-order valence-electron chi connectivity index (χ1n) is 5.86.